The first-order valence-corrected chi connectivity index (χ1v) is 8.85. The Hall–Kier alpha value is -2.73. The quantitative estimate of drug-likeness (QED) is 0.537. The Balaban J connectivity index is 1.94. The predicted molar refractivity (Wildman–Crippen MR) is 107 cm³/mol. The molecule has 144 valence electrons. The number of rotatable bonds is 8. The Morgan fingerprint density at radius 3 is 2.74 bits per heavy atom. The number of nitrogens with one attached hydrogen (secondary N) is 1. The minimum absolute atomic E-state index is 0.203. The van der Waals surface area contributed by atoms with Crippen molar-refractivity contribution in [3.05, 3.63) is 52.0 Å². The second kappa shape index (κ2) is 9.83. The van der Waals surface area contributed by atoms with Crippen molar-refractivity contribution in [3.8, 4) is 11.5 Å². The van der Waals surface area contributed by atoms with E-state index in [-0.39, 0.29) is 12.5 Å². The highest BCUT2D eigenvalue weighted by molar-refractivity contribution is 6.32. The molecule has 0 atom stereocenters. The number of methoxy groups -OCH3 is 1. The van der Waals surface area contributed by atoms with Crippen LogP contribution >= 0.6 is 11.6 Å². The summed E-state index contributed by atoms with van der Waals surface area (Å²) >= 11 is 6.20. The molecule has 0 fully saturated rings. The number of aryl methyl sites for hydroxylation is 2. The van der Waals surface area contributed by atoms with E-state index in [1.807, 2.05) is 39.0 Å². The fraction of sp³-hybridized carbons (Fsp3) is 0.300. The zero-order valence-corrected chi connectivity index (χ0v) is 16.6. The van der Waals surface area contributed by atoms with Crippen LogP contribution < -0.4 is 14.8 Å². The van der Waals surface area contributed by atoms with Crippen LogP contribution in [0.25, 0.3) is 0 Å². The number of nitrogens with zero attached hydrogens (tertiary/aromatic N) is 1. The topological polar surface area (TPSA) is 69.2 Å². The van der Waals surface area contributed by atoms with Crippen LogP contribution in [0.2, 0.25) is 5.02 Å². The number of halogens is 1. The van der Waals surface area contributed by atoms with Crippen molar-refractivity contribution in [1.29, 1.82) is 0 Å². The molecule has 0 aliphatic rings. The lowest BCUT2D eigenvalue weighted by atomic mass is 10.1. The summed E-state index contributed by atoms with van der Waals surface area (Å²) in [5.41, 5.74) is 3.47. The smallest absolute Gasteiger partial charge is 0.265 e. The largest absolute Gasteiger partial charge is 0.493 e. The van der Waals surface area contributed by atoms with Gasteiger partial charge in [-0.1, -0.05) is 28.9 Å². The molecule has 0 spiro atoms. The lowest BCUT2D eigenvalue weighted by molar-refractivity contribution is -0.120. The first-order chi connectivity index (χ1) is 12.9. The predicted octanol–water partition coefficient (Wildman–Crippen LogP) is 4.35. The van der Waals surface area contributed by atoms with E-state index >= 15 is 0 Å². The normalized spacial score (nSPS) is 10.7. The first-order valence-electron chi connectivity index (χ1n) is 8.47. The molecule has 1 N–H and O–H groups in total. The van der Waals surface area contributed by atoms with Gasteiger partial charge in [0.2, 0.25) is 0 Å². The van der Waals surface area contributed by atoms with Crippen molar-refractivity contribution in [3.63, 3.8) is 0 Å². The maximum absolute atomic E-state index is 12.0. The molecule has 27 heavy (non-hydrogen) atoms. The van der Waals surface area contributed by atoms with Gasteiger partial charge in [0.15, 0.2) is 18.1 Å². The van der Waals surface area contributed by atoms with Gasteiger partial charge in [0.05, 0.1) is 25.0 Å². The number of anilines is 1. The van der Waals surface area contributed by atoms with E-state index in [1.165, 1.54) is 13.3 Å². The summed E-state index contributed by atoms with van der Waals surface area (Å²) in [5, 5.41) is 7.03. The number of ether oxygens (including phenoxy) is 2. The fourth-order valence-corrected chi connectivity index (χ4v) is 2.62. The number of hydrogen-bond donors (Lipinski definition) is 1. The molecular weight excluding hydrogens is 368 g/mol. The van der Waals surface area contributed by atoms with E-state index in [4.69, 9.17) is 25.9 Å². The number of oxime groups is 1. The van der Waals surface area contributed by atoms with Crippen molar-refractivity contribution in [1.82, 2.24) is 0 Å². The third-order valence-corrected chi connectivity index (χ3v) is 3.96. The van der Waals surface area contributed by atoms with Crippen LogP contribution in [0.5, 0.6) is 11.5 Å². The average molecular weight is 391 g/mol. The Bertz CT molecular complexity index is 837. The average Bonchev–Trinajstić information content (AvgIpc) is 2.63. The van der Waals surface area contributed by atoms with Gasteiger partial charge in [-0.15, -0.1) is 0 Å². The molecule has 2 aromatic rings. The molecular formula is C20H23ClN2O4. The van der Waals surface area contributed by atoms with Crippen LogP contribution in [0, 0.1) is 13.8 Å². The highest BCUT2D eigenvalue weighted by Crippen LogP contribution is 2.35. The Labute approximate surface area is 164 Å². The van der Waals surface area contributed by atoms with Crippen molar-refractivity contribution in [2.24, 2.45) is 5.16 Å². The van der Waals surface area contributed by atoms with Crippen LogP contribution in [0.1, 0.15) is 23.6 Å². The molecule has 0 unspecified atom stereocenters. The van der Waals surface area contributed by atoms with Gasteiger partial charge in [0.25, 0.3) is 5.91 Å². The lowest BCUT2D eigenvalue weighted by Gasteiger charge is -2.11. The monoisotopic (exact) mass is 390 g/mol. The van der Waals surface area contributed by atoms with E-state index in [2.05, 4.69) is 10.5 Å². The molecule has 0 radical (unpaired) electrons. The van der Waals surface area contributed by atoms with Gasteiger partial charge in [-0.05, 0) is 50.1 Å². The molecule has 1 amide bonds. The maximum Gasteiger partial charge on any atom is 0.265 e. The summed E-state index contributed by atoms with van der Waals surface area (Å²) in [4.78, 5) is 17.1. The number of amides is 1. The van der Waals surface area contributed by atoms with E-state index in [0.29, 0.717) is 28.7 Å². The third-order valence-electron chi connectivity index (χ3n) is 3.68. The Morgan fingerprint density at radius 2 is 2.04 bits per heavy atom. The lowest BCUT2D eigenvalue weighted by Crippen LogP contribution is -2.17. The van der Waals surface area contributed by atoms with Gasteiger partial charge >= 0.3 is 0 Å². The third kappa shape index (κ3) is 5.89. The van der Waals surface area contributed by atoms with Crippen LogP contribution in [-0.4, -0.2) is 32.4 Å². The van der Waals surface area contributed by atoms with Gasteiger partial charge in [0.1, 0.15) is 0 Å². The fourth-order valence-electron chi connectivity index (χ4n) is 2.35. The van der Waals surface area contributed by atoms with Gasteiger partial charge in [-0.25, -0.2) is 0 Å². The molecule has 0 heterocycles. The summed E-state index contributed by atoms with van der Waals surface area (Å²) in [7, 11) is 1.53. The van der Waals surface area contributed by atoms with Gasteiger partial charge in [0, 0.05) is 11.3 Å². The second-order valence-corrected chi connectivity index (χ2v) is 6.25. The summed E-state index contributed by atoms with van der Waals surface area (Å²) in [6.07, 6.45) is 1.45. The van der Waals surface area contributed by atoms with Crippen LogP contribution in [-0.2, 0) is 9.63 Å². The van der Waals surface area contributed by atoms with Crippen molar-refractivity contribution < 1.29 is 19.1 Å². The highest BCUT2D eigenvalue weighted by Gasteiger charge is 2.11. The Morgan fingerprint density at radius 1 is 1.26 bits per heavy atom. The van der Waals surface area contributed by atoms with Crippen molar-refractivity contribution >= 4 is 29.4 Å². The van der Waals surface area contributed by atoms with E-state index < -0.39 is 0 Å². The number of carbonyl (C=O) groups is 1. The molecule has 2 rings (SSSR count). The molecule has 0 saturated heterocycles. The second-order valence-electron chi connectivity index (χ2n) is 5.84. The van der Waals surface area contributed by atoms with Gasteiger partial charge < -0.3 is 19.6 Å². The first kappa shape index (κ1) is 20.6. The molecule has 6 nitrogen and oxygen atoms in total. The van der Waals surface area contributed by atoms with E-state index in [1.54, 1.807) is 12.1 Å². The minimum atomic E-state index is -0.289. The SMILES string of the molecule is CCOc1c(Cl)cc(/C=N\OCC(=O)Nc2cc(C)ccc2C)cc1OC. The van der Waals surface area contributed by atoms with E-state index in [9.17, 15) is 4.79 Å². The van der Waals surface area contributed by atoms with Crippen LogP contribution in [0.15, 0.2) is 35.5 Å². The van der Waals surface area contributed by atoms with Crippen LogP contribution in [0.4, 0.5) is 5.69 Å². The van der Waals surface area contributed by atoms with Crippen molar-refractivity contribution in [2.75, 3.05) is 25.6 Å². The molecule has 0 saturated carbocycles. The van der Waals surface area contributed by atoms with Crippen LogP contribution in [0.3, 0.4) is 0 Å². The number of carbonyl (C=O) groups excluding carboxylic acids is 1. The van der Waals surface area contributed by atoms with E-state index in [0.717, 1.165) is 16.8 Å². The van der Waals surface area contributed by atoms with Gasteiger partial charge in [-0.2, -0.15) is 0 Å². The summed E-state index contributed by atoms with van der Waals surface area (Å²) in [5.74, 6) is 0.689. The minimum Gasteiger partial charge on any atom is -0.493 e. The standard InChI is InChI=1S/C20H23ClN2O4/c1-5-26-20-16(21)9-15(10-18(20)25-4)11-22-27-12-19(24)23-17-8-13(2)6-7-14(17)3/h6-11H,5,12H2,1-4H3,(H,23,24)/b22-11-. The molecule has 0 aromatic heterocycles. The molecule has 0 aliphatic heterocycles. The molecule has 0 aliphatic carbocycles. The van der Waals surface area contributed by atoms with Crippen molar-refractivity contribution in [2.45, 2.75) is 20.8 Å². The summed E-state index contributed by atoms with van der Waals surface area (Å²) in [6.45, 7) is 6.03. The summed E-state index contributed by atoms with van der Waals surface area (Å²) < 4.78 is 10.7. The highest BCUT2D eigenvalue weighted by atomic mass is 35.5. The molecule has 7 heteroatoms. The molecule has 0 bridgehead atoms. The number of benzene rings is 2. The zero-order chi connectivity index (χ0) is 19.8. The van der Waals surface area contributed by atoms with Gasteiger partial charge in [-0.3, -0.25) is 4.79 Å². The Kier molecular flexibility index (Phi) is 7.49. The maximum atomic E-state index is 12.0. The number of hydrogen-bond acceptors (Lipinski definition) is 5. The summed E-state index contributed by atoms with van der Waals surface area (Å²) in [6, 6.07) is 9.25. The molecule has 2 aromatic carbocycles. The zero-order valence-electron chi connectivity index (χ0n) is 15.8.